The van der Waals surface area contributed by atoms with Crippen LogP contribution < -0.4 is 9.64 Å². The molecule has 1 unspecified atom stereocenters. The number of benzene rings is 1. The van der Waals surface area contributed by atoms with E-state index in [0.717, 1.165) is 0 Å². The molecule has 1 atom stereocenters. The molecule has 1 aliphatic heterocycles. The van der Waals surface area contributed by atoms with Gasteiger partial charge < -0.3 is 14.7 Å². The molecule has 0 aliphatic carbocycles. The fourth-order valence-electron chi connectivity index (χ4n) is 1.92. The number of ether oxygens (including phenoxy) is 1. The number of rotatable bonds is 3. The van der Waals surface area contributed by atoms with Crippen molar-refractivity contribution in [3.05, 3.63) is 24.0 Å². The Kier molecular flexibility index (Phi) is 3.28. The number of hydrogen-bond acceptors (Lipinski definition) is 3. The number of anilines is 1. The van der Waals surface area contributed by atoms with Crippen molar-refractivity contribution in [1.82, 2.24) is 0 Å². The van der Waals surface area contributed by atoms with Crippen molar-refractivity contribution >= 4 is 11.6 Å². The second-order valence-corrected chi connectivity index (χ2v) is 3.81. The summed E-state index contributed by atoms with van der Waals surface area (Å²) >= 11 is 0. The van der Waals surface area contributed by atoms with E-state index in [-0.39, 0.29) is 5.69 Å². The predicted octanol–water partition coefficient (Wildman–Crippen LogP) is 1.32. The smallest absolute Gasteiger partial charge is 0.256 e. The molecule has 1 saturated heterocycles. The van der Waals surface area contributed by atoms with Crippen LogP contribution in [0, 0.1) is 5.82 Å². The SMILES string of the molecule is CCOc1cccc(F)c1N1CCC(O)C1=O. The zero-order chi connectivity index (χ0) is 12.4. The van der Waals surface area contributed by atoms with E-state index in [2.05, 4.69) is 0 Å². The van der Waals surface area contributed by atoms with Gasteiger partial charge in [-0.2, -0.15) is 0 Å². The molecule has 5 heteroatoms. The first kappa shape index (κ1) is 11.9. The summed E-state index contributed by atoms with van der Waals surface area (Å²) in [4.78, 5) is 12.9. The molecule has 0 saturated carbocycles. The summed E-state index contributed by atoms with van der Waals surface area (Å²) in [6, 6.07) is 4.41. The highest BCUT2D eigenvalue weighted by Crippen LogP contribution is 2.34. The van der Waals surface area contributed by atoms with Crippen LogP contribution in [0.3, 0.4) is 0 Å². The van der Waals surface area contributed by atoms with Crippen LogP contribution in [0.15, 0.2) is 18.2 Å². The molecule has 0 spiro atoms. The van der Waals surface area contributed by atoms with Crippen LogP contribution in [0.4, 0.5) is 10.1 Å². The molecule has 1 aromatic rings. The first-order valence-corrected chi connectivity index (χ1v) is 5.56. The molecular formula is C12H14FNO3. The van der Waals surface area contributed by atoms with Crippen molar-refractivity contribution in [2.24, 2.45) is 0 Å². The monoisotopic (exact) mass is 239 g/mol. The summed E-state index contributed by atoms with van der Waals surface area (Å²) < 4.78 is 19.1. The van der Waals surface area contributed by atoms with Gasteiger partial charge >= 0.3 is 0 Å². The molecule has 1 N–H and O–H groups in total. The highest BCUT2D eigenvalue weighted by atomic mass is 19.1. The van der Waals surface area contributed by atoms with Crippen LogP contribution in [0.5, 0.6) is 5.75 Å². The first-order chi connectivity index (χ1) is 8.15. The van der Waals surface area contributed by atoms with Gasteiger partial charge in [-0.05, 0) is 19.1 Å². The fraction of sp³-hybridized carbons (Fsp3) is 0.417. The topological polar surface area (TPSA) is 49.8 Å². The number of para-hydroxylation sites is 1. The van der Waals surface area contributed by atoms with Crippen molar-refractivity contribution in [3.8, 4) is 5.75 Å². The van der Waals surface area contributed by atoms with Gasteiger partial charge in [0.2, 0.25) is 0 Å². The minimum atomic E-state index is -1.04. The third-order valence-corrected chi connectivity index (χ3v) is 2.70. The highest BCUT2D eigenvalue weighted by Gasteiger charge is 2.34. The van der Waals surface area contributed by atoms with Crippen molar-refractivity contribution in [1.29, 1.82) is 0 Å². The van der Waals surface area contributed by atoms with Crippen LogP contribution in [-0.2, 0) is 4.79 Å². The number of carbonyl (C=O) groups is 1. The number of nitrogens with zero attached hydrogens (tertiary/aromatic N) is 1. The molecule has 1 aliphatic rings. The minimum absolute atomic E-state index is 0.121. The van der Waals surface area contributed by atoms with Gasteiger partial charge in [-0.1, -0.05) is 6.07 Å². The standard InChI is InChI=1S/C12H14FNO3/c1-2-17-10-5-3-4-8(13)11(10)14-7-6-9(15)12(14)16/h3-5,9,15H,2,6-7H2,1H3. The first-order valence-electron chi connectivity index (χ1n) is 5.56. The van der Waals surface area contributed by atoms with Gasteiger partial charge in [0.05, 0.1) is 6.61 Å². The van der Waals surface area contributed by atoms with Crippen LogP contribution in [0.25, 0.3) is 0 Å². The summed E-state index contributed by atoms with van der Waals surface area (Å²) in [6.45, 7) is 2.48. The van der Waals surface area contributed by atoms with E-state index in [1.54, 1.807) is 13.0 Å². The summed E-state index contributed by atoms with van der Waals surface area (Å²) in [5.41, 5.74) is 0.121. The minimum Gasteiger partial charge on any atom is -0.492 e. The molecular weight excluding hydrogens is 225 g/mol. The molecule has 0 bridgehead atoms. The largest absolute Gasteiger partial charge is 0.492 e. The van der Waals surface area contributed by atoms with E-state index in [1.807, 2.05) is 0 Å². The van der Waals surface area contributed by atoms with Crippen molar-refractivity contribution in [3.63, 3.8) is 0 Å². The molecule has 92 valence electrons. The number of aliphatic hydroxyl groups excluding tert-OH is 1. The third kappa shape index (κ3) is 2.10. The van der Waals surface area contributed by atoms with Gasteiger partial charge in [0.1, 0.15) is 17.5 Å². The summed E-state index contributed by atoms with van der Waals surface area (Å²) in [5, 5.41) is 9.39. The number of carbonyl (C=O) groups excluding carboxylic acids is 1. The zero-order valence-electron chi connectivity index (χ0n) is 9.52. The molecule has 1 fully saturated rings. The molecule has 0 radical (unpaired) electrons. The van der Waals surface area contributed by atoms with E-state index in [9.17, 15) is 14.3 Å². The summed E-state index contributed by atoms with van der Waals surface area (Å²) in [6.07, 6.45) is -0.720. The lowest BCUT2D eigenvalue weighted by Gasteiger charge is -2.20. The van der Waals surface area contributed by atoms with Crippen LogP contribution in [-0.4, -0.2) is 30.3 Å². The summed E-state index contributed by atoms with van der Waals surface area (Å²) in [7, 11) is 0. The second-order valence-electron chi connectivity index (χ2n) is 3.81. The van der Waals surface area contributed by atoms with Crippen molar-refractivity contribution in [2.75, 3.05) is 18.1 Å². The maximum atomic E-state index is 13.8. The summed E-state index contributed by atoms with van der Waals surface area (Å²) in [5.74, 6) is -0.663. The number of hydrogen-bond donors (Lipinski definition) is 1. The Hall–Kier alpha value is -1.62. The Morgan fingerprint density at radius 2 is 2.35 bits per heavy atom. The lowest BCUT2D eigenvalue weighted by Crippen LogP contribution is -2.30. The van der Waals surface area contributed by atoms with Crippen LogP contribution in [0.2, 0.25) is 0 Å². The van der Waals surface area contributed by atoms with Gasteiger partial charge in [0.15, 0.2) is 5.82 Å². The number of aliphatic hydroxyl groups is 1. The maximum absolute atomic E-state index is 13.8. The Balaban J connectivity index is 2.40. The van der Waals surface area contributed by atoms with E-state index < -0.39 is 17.8 Å². The molecule has 17 heavy (non-hydrogen) atoms. The normalized spacial score (nSPS) is 19.8. The van der Waals surface area contributed by atoms with Gasteiger partial charge in [-0.25, -0.2) is 4.39 Å². The average Bonchev–Trinajstić information content (AvgIpc) is 2.61. The third-order valence-electron chi connectivity index (χ3n) is 2.70. The second kappa shape index (κ2) is 4.71. The predicted molar refractivity (Wildman–Crippen MR) is 60.5 cm³/mol. The molecule has 1 heterocycles. The Bertz CT molecular complexity index is 436. The molecule has 1 aromatic carbocycles. The van der Waals surface area contributed by atoms with E-state index in [1.165, 1.54) is 17.0 Å². The zero-order valence-corrected chi connectivity index (χ0v) is 9.52. The van der Waals surface area contributed by atoms with Gasteiger partial charge in [0, 0.05) is 13.0 Å². The van der Waals surface area contributed by atoms with Crippen molar-refractivity contribution < 1.29 is 19.0 Å². The molecule has 4 nitrogen and oxygen atoms in total. The lowest BCUT2D eigenvalue weighted by atomic mass is 10.2. The number of halogens is 1. The van der Waals surface area contributed by atoms with Gasteiger partial charge in [-0.15, -0.1) is 0 Å². The average molecular weight is 239 g/mol. The Labute approximate surface area is 98.6 Å². The molecule has 2 rings (SSSR count). The van der Waals surface area contributed by atoms with E-state index in [4.69, 9.17) is 4.74 Å². The van der Waals surface area contributed by atoms with E-state index in [0.29, 0.717) is 25.3 Å². The van der Waals surface area contributed by atoms with Gasteiger partial charge in [-0.3, -0.25) is 4.79 Å². The highest BCUT2D eigenvalue weighted by molar-refractivity contribution is 5.99. The Morgan fingerprint density at radius 1 is 1.59 bits per heavy atom. The van der Waals surface area contributed by atoms with Crippen LogP contribution >= 0.6 is 0 Å². The maximum Gasteiger partial charge on any atom is 0.256 e. The molecule has 0 aromatic heterocycles. The van der Waals surface area contributed by atoms with E-state index >= 15 is 0 Å². The van der Waals surface area contributed by atoms with Gasteiger partial charge in [0.25, 0.3) is 5.91 Å². The Morgan fingerprint density at radius 3 is 2.94 bits per heavy atom. The lowest BCUT2D eigenvalue weighted by molar-refractivity contribution is -0.124. The van der Waals surface area contributed by atoms with Crippen LogP contribution in [0.1, 0.15) is 13.3 Å². The molecule has 1 amide bonds. The number of amides is 1. The van der Waals surface area contributed by atoms with Crippen molar-refractivity contribution in [2.45, 2.75) is 19.4 Å². The quantitative estimate of drug-likeness (QED) is 0.865. The fourth-order valence-corrected chi connectivity index (χ4v) is 1.92.